The highest BCUT2D eigenvalue weighted by Crippen LogP contribution is 2.23. The summed E-state index contributed by atoms with van der Waals surface area (Å²) in [6, 6.07) is 9.46. The molecule has 6 heteroatoms. The van der Waals surface area contributed by atoms with E-state index >= 15 is 0 Å². The molecule has 1 aromatic heterocycles. The highest BCUT2D eigenvalue weighted by Gasteiger charge is 2.15. The van der Waals surface area contributed by atoms with Crippen LogP contribution in [0.25, 0.3) is 0 Å². The van der Waals surface area contributed by atoms with Crippen molar-refractivity contribution in [2.75, 3.05) is 19.0 Å². The number of aryl methyl sites for hydroxylation is 1. The zero-order valence-corrected chi connectivity index (χ0v) is 13.9. The molecule has 0 bridgehead atoms. The van der Waals surface area contributed by atoms with Crippen molar-refractivity contribution in [3.05, 3.63) is 46.2 Å². The lowest BCUT2D eigenvalue weighted by molar-refractivity contribution is -0.116. The smallest absolute Gasteiger partial charge is 0.350 e. The Morgan fingerprint density at radius 1 is 1.17 bits per heavy atom. The normalized spacial score (nSPS) is 10.2. The molecule has 2 aromatic rings. The second-order valence-corrected chi connectivity index (χ2v) is 5.88. The van der Waals surface area contributed by atoms with Crippen LogP contribution in [0.5, 0.6) is 5.75 Å². The lowest BCUT2D eigenvalue weighted by Crippen LogP contribution is -2.14. The van der Waals surface area contributed by atoms with Gasteiger partial charge in [0.2, 0.25) is 5.91 Å². The molecule has 0 fully saturated rings. The van der Waals surface area contributed by atoms with E-state index in [0.29, 0.717) is 30.0 Å². The lowest BCUT2D eigenvalue weighted by Gasteiger charge is -2.07. The van der Waals surface area contributed by atoms with Crippen LogP contribution >= 0.6 is 11.3 Å². The van der Waals surface area contributed by atoms with Crippen LogP contribution in [0.2, 0.25) is 0 Å². The topological polar surface area (TPSA) is 64.6 Å². The standard InChI is InChI=1S/C17H19NO4S/c1-12-5-7-13(8-6-12)22-10-3-4-15(19)18-14-9-11-23-16(14)17(20)21-2/h5-9,11H,3-4,10H2,1-2H3,(H,18,19). The number of nitrogens with one attached hydrogen (secondary N) is 1. The monoisotopic (exact) mass is 333 g/mol. The van der Waals surface area contributed by atoms with Crippen LogP contribution in [0.1, 0.15) is 28.1 Å². The fourth-order valence-electron chi connectivity index (χ4n) is 1.93. The molecule has 23 heavy (non-hydrogen) atoms. The Morgan fingerprint density at radius 3 is 2.61 bits per heavy atom. The Morgan fingerprint density at radius 2 is 1.91 bits per heavy atom. The quantitative estimate of drug-likeness (QED) is 0.620. The van der Waals surface area contributed by atoms with Crippen molar-refractivity contribution in [3.63, 3.8) is 0 Å². The average molecular weight is 333 g/mol. The molecule has 0 unspecified atom stereocenters. The van der Waals surface area contributed by atoms with Crippen LogP contribution in [-0.4, -0.2) is 25.6 Å². The molecule has 1 heterocycles. The highest BCUT2D eigenvalue weighted by atomic mass is 32.1. The van der Waals surface area contributed by atoms with E-state index < -0.39 is 5.97 Å². The zero-order chi connectivity index (χ0) is 16.7. The first-order valence-corrected chi connectivity index (χ1v) is 8.13. The first-order chi connectivity index (χ1) is 11.1. The van der Waals surface area contributed by atoms with Gasteiger partial charge in [0.1, 0.15) is 10.6 Å². The molecule has 0 spiro atoms. The summed E-state index contributed by atoms with van der Waals surface area (Å²) in [6.07, 6.45) is 0.916. The van der Waals surface area contributed by atoms with E-state index in [9.17, 15) is 9.59 Å². The van der Waals surface area contributed by atoms with E-state index in [1.165, 1.54) is 24.0 Å². The van der Waals surface area contributed by atoms with Crippen molar-refractivity contribution < 1.29 is 19.1 Å². The largest absolute Gasteiger partial charge is 0.494 e. The van der Waals surface area contributed by atoms with Gasteiger partial charge in [-0.1, -0.05) is 17.7 Å². The van der Waals surface area contributed by atoms with Gasteiger partial charge in [-0.15, -0.1) is 11.3 Å². The van der Waals surface area contributed by atoms with Crippen molar-refractivity contribution in [1.82, 2.24) is 0 Å². The summed E-state index contributed by atoms with van der Waals surface area (Å²) in [7, 11) is 1.32. The van der Waals surface area contributed by atoms with Gasteiger partial charge in [-0.05, 0) is 36.9 Å². The predicted octanol–water partition coefficient (Wildman–Crippen LogP) is 3.64. The molecular formula is C17H19NO4S. The summed E-state index contributed by atoms with van der Waals surface area (Å²) in [4.78, 5) is 23.9. The molecule has 0 saturated heterocycles. The number of carbonyl (C=O) groups excluding carboxylic acids is 2. The SMILES string of the molecule is COC(=O)c1sccc1NC(=O)CCCOc1ccc(C)cc1. The number of methoxy groups -OCH3 is 1. The van der Waals surface area contributed by atoms with E-state index in [4.69, 9.17) is 4.74 Å². The van der Waals surface area contributed by atoms with Gasteiger partial charge in [0.05, 0.1) is 19.4 Å². The maximum atomic E-state index is 11.9. The van der Waals surface area contributed by atoms with Crippen LogP contribution < -0.4 is 10.1 Å². The van der Waals surface area contributed by atoms with Gasteiger partial charge in [0.25, 0.3) is 0 Å². The van der Waals surface area contributed by atoms with E-state index in [1.54, 1.807) is 11.4 Å². The van der Waals surface area contributed by atoms with Crippen molar-refractivity contribution >= 4 is 28.9 Å². The summed E-state index contributed by atoms with van der Waals surface area (Å²) < 4.78 is 10.2. The van der Waals surface area contributed by atoms with E-state index in [0.717, 1.165) is 5.75 Å². The van der Waals surface area contributed by atoms with Crippen molar-refractivity contribution in [2.24, 2.45) is 0 Å². The third-order valence-electron chi connectivity index (χ3n) is 3.15. The minimum atomic E-state index is -0.446. The number of benzene rings is 1. The second-order valence-electron chi connectivity index (χ2n) is 4.97. The van der Waals surface area contributed by atoms with Crippen molar-refractivity contribution in [3.8, 4) is 5.75 Å². The summed E-state index contributed by atoms with van der Waals surface area (Å²) in [5, 5.41) is 4.47. The molecule has 1 aromatic carbocycles. The summed E-state index contributed by atoms with van der Waals surface area (Å²) in [5.41, 5.74) is 1.67. The van der Waals surface area contributed by atoms with E-state index in [-0.39, 0.29) is 5.91 Å². The zero-order valence-electron chi connectivity index (χ0n) is 13.1. The summed E-state index contributed by atoms with van der Waals surface area (Å²) in [6.45, 7) is 2.48. The van der Waals surface area contributed by atoms with Crippen LogP contribution in [-0.2, 0) is 9.53 Å². The third-order valence-corrected chi connectivity index (χ3v) is 4.04. The van der Waals surface area contributed by atoms with Gasteiger partial charge in [0.15, 0.2) is 0 Å². The molecule has 1 amide bonds. The van der Waals surface area contributed by atoms with Gasteiger partial charge in [-0.2, -0.15) is 0 Å². The third kappa shape index (κ3) is 5.10. The fourth-order valence-corrected chi connectivity index (χ4v) is 2.69. The summed E-state index contributed by atoms with van der Waals surface area (Å²) >= 11 is 1.24. The van der Waals surface area contributed by atoms with E-state index in [1.807, 2.05) is 31.2 Å². The van der Waals surface area contributed by atoms with Crippen LogP contribution in [0.4, 0.5) is 5.69 Å². The molecule has 5 nitrogen and oxygen atoms in total. The number of hydrogen-bond acceptors (Lipinski definition) is 5. The van der Waals surface area contributed by atoms with Gasteiger partial charge in [-0.3, -0.25) is 4.79 Å². The van der Waals surface area contributed by atoms with Crippen molar-refractivity contribution in [2.45, 2.75) is 19.8 Å². The molecule has 0 saturated carbocycles. The highest BCUT2D eigenvalue weighted by molar-refractivity contribution is 7.12. The molecule has 122 valence electrons. The fraction of sp³-hybridized carbons (Fsp3) is 0.294. The number of carbonyl (C=O) groups is 2. The molecule has 0 atom stereocenters. The number of esters is 1. The molecular weight excluding hydrogens is 314 g/mol. The first-order valence-electron chi connectivity index (χ1n) is 7.25. The number of anilines is 1. The maximum absolute atomic E-state index is 11.9. The molecule has 0 radical (unpaired) electrons. The van der Waals surface area contributed by atoms with Crippen molar-refractivity contribution in [1.29, 1.82) is 0 Å². The van der Waals surface area contributed by atoms with E-state index in [2.05, 4.69) is 10.1 Å². The number of thiophene rings is 1. The summed E-state index contributed by atoms with van der Waals surface area (Å²) in [5.74, 6) is 0.195. The van der Waals surface area contributed by atoms with Gasteiger partial charge < -0.3 is 14.8 Å². The molecule has 1 N–H and O–H groups in total. The number of rotatable bonds is 7. The molecule has 0 aliphatic carbocycles. The number of ether oxygens (including phenoxy) is 2. The predicted molar refractivity (Wildman–Crippen MR) is 90.2 cm³/mol. The lowest BCUT2D eigenvalue weighted by atomic mass is 10.2. The molecule has 2 rings (SSSR count). The minimum Gasteiger partial charge on any atom is -0.494 e. The molecule has 0 aliphatic heterocycles. The Balaban J connectivity index is 1.74. The van der Waals surface area contributed by atoms with Gasteiger partial charge >= 0.3 is 5.97 Å². The van der Waals surface area contributed by atoms with Gasteiger partial charge in [0, 0.05) is 6.42 Å². The Bertz CT molecular complexity index is 663. The second kappa shape index (κ2) is 8.33. The van der Waals surface area contributed by atoms with Gasteiger partial charge in [-0.25, -0.2) is 4.79 Å². The Kier molecular flexibility index (Phi) is 6.17. The Labute approximate surface area is 139 Å². The van der Waals surface area contributed by atoms with Crippen LogP contribution in [0.3, 0.4) is 0 Å². The maximum Gasteiger partial charge on any atom is 0.350 e. The van der Waals surface area contributed by atoms with Crippen LogP contribution in [0.15, 0.2) is 35.7 Å². The number of amides is 1. The average Bonchev–Trinajstić information content (AvgIpc) is 3.00. The first kappa shape index (κ1) is 17.0. The van der Waals surface area contributed by atoms with Crippen LogP contribution in [0, 0.1) is 6.92 Å². The molecule has 0 aliphatic rings. The minimum absolute atomic E-state index is 0.152. The number of hydrogen-bond donors (Lipinski definition) is 1. The Hall–Kier alpha value is -2.34.